The van der Waals surface area contributed by atoms with Crippen molar-refractivity contribution >= 4 is 28.9 Å². The molecule has 1 fully saturated rings. The molecule has 1 aromatic rings. The second-order valence-electron chi connectivity index (χ2n) is 4.80. The van der Waals surface area contributed by atoms with Gasteiger partial charge in [0.05, 0.1) is 41.2 Å². The summed E-state index contributed by atoms with van der Waals surface area (Å²) in [5.41, 5.74) is 0.633. The summed E-state index contributed by atoms with van der Waals surface area (Å²) in [4.78, 5) is 0. The topological polar surface area (TPSA) is 50.7 Å². The van der Waals surface area contributed by atoms with Crippen LogP contribution in [0.15, 0.2) is 18.2 Å². The lowest BCUT2D eigenvalue weighted by molar-refractivity contribution is -0.0137. The number of rotatable bonds is 7. The number of nitrogens with one attached hydrogen (secondary N) is 1. The Labute approximate surface area is 129 Å². The molecule has 2 unspecified atom stereocenters. The van der Waals surface area contributed by atoms with Crippen molar-refractivity contribution in [2.75, 3.05) is 31.7 Å². The molecule has 0 bridgehead atoms. The van der Waals surface area contributed by atoms with Crippen LogP contribution in [0.5, 0.6) is 0 Å². The number of para-hydroxylation sites is 1. The maximum Gasteiger partial charge on any atom is 0.0945 e. The maximum atomic E-state index is 9.85. The monoisotopic (exact) mass is 319 g/mol. The summed E-state index contributed by atoms with van der Waals surface area (Å²) in [6, 6.07) is 5.27. The third kappa shape index (κ3) is 4.79. The Bertz CT molecular complexity index is 405. The van der Waals surface area contributed by atoms with Crippen molar-refractivity contribution in [1.82, 2.24) is 0 Å². The van der Waals surface area contributed by atoms with Gasteiger partial charge in [0.15, 0.2) is 0 Å². The molecule has 6 heteroatoms. The molecule has 0 saturated carbocycles. The molecule has 0 aromatic heterocycles. The third-order valence-corrected chi connectivity index (χ3v) is 3.75. The SMILES string of the molecule is OC(CNc1c(Cl)cccc1Cl)COCC1CCCO1. The van der Waals surface area contributed by atoms with Gasteiger partial charge in [0.25, 0.3) is 0 Å². The number of aliphatic hydroxyl groups is 1. The van der Waals surface area contributed by atoms with E-state index >= 15 is 0 Å². The molecule has 2 rings (SSSR count). The van der Waals surface area contributed by atoms with Gasteiger partial charge in [0, 0.05) is 13.2 Å². The van der Waals surface area contributed by atoms with Crippen molar-refractivity contribution in [3.63, 3.8) is 0 Å². The average Bonchev–Trinajstić information content (AvgIpc) is 2.91. The Morgan fingerprint density at radius 3 is 2.80 bits per heavy atom. The summed E-state index contributed by atoms with van der Waals surface area (Å²) in [5.74, 6) is 0. The number of aliphatic hydroxyl groups excluding tert-OH is 1. The van der Waals surface area contributed by atoms with Gasteiger partial charge in [-0.2, -0.15) is 0 Å². The third-order valence-electron chi connectivity index (χ3n) is 3.12. The van der Waals surface area contributed by atoms with E-state index in [0.717, 1.165) is 19.4 Å². The number of benzene rings is 1. The van der Waals surface area contributed by atoms with Gasteiger partial charge in [0.2, 0.25) is 0 Å². The summed E-state index contributed by atoms with van der Waals surface area (Å²) >= 11 is 12.1. The largest absolute Gasteiger partial charge is 0.389 e. The smallest absolute Gasteiger partial charge is 0.0945 e. The second-order valence-corrected chi connectivity index (χ2v) is 5.62. The Morgan fingerprint density at radius 2 is 2.15 bits per heavy atom. The van der Waals surface area contributed by atoms with Crippen molar-refractivity contribution in [3.05, 3.63) is 28.2 Å². The Morgan fingerprint density at radius 1 is 1.40 bits per heavy atom. The molecular formula is C14H19Cl2NO3. The molecule has 2 N–H and O–H groups in total. The molecule has 1 aromatic carbocycles. The Hall–Kier alpha value is -0.520. The van der Waals surface area contributed by atoms with Crippen molar-refractivity contribution in [3.8, 4) is 0 Å². The van der Waals surface area contributed by atoms with Crippen LogP contribution in [0.2, 0.25) is 10.0 Å². The summed E-state index contributed by atoms with van der Waals surface area (Å²) < 4.78 is 10.9. The fraction of sp³-hybridized carbons (Fsp3) is 0.571. The van der Waals surface area contributed by atoms with Crippen LogP contribution in [0.3, 0.4) is 0 Å². The molecule has 0 radical (unpaired) electrons. The summed E-state index contributed by atoms with van der Waals surface area (Å²) in [5, 5.41) is 14.0. The number of anilines is 1. The van der Waals surface area contributed by atoms with Gasteiger partial charge in [-0.1, -0.05) is 29.3 Å². The fourth-order valence-corrected chi connectivity index (χ4v) is 2.59. The number of hydrogen-bond acceptors (Lipinski definition) is 4. The number of ether oxygens (including phenoxy) is 2. The molecule has 0 amide bonds. The van der Waals surface area contributed by atoms with Gasteiger partial charge in [-0.3, -0.25) is 0 Å². The second kappa shape index (κ2) is 8.05. The summed E-state index contributed by atoms with van der Waals surface area (Å²) in [7, 11) is 0. The molecule has 0 spiro atoms. The number of halogens is 2. The van der Waals surface area contributed by atoms with Crippen molar-refractivity contribution in [2.45, 2.75) is 25.0 Å². The van der Waals surface area contributed by atoms with E-state index in [0.29, 0.717) is 28.9 Å². The lowest BCUT2D eigenvalue weighted by atomic mass is 10.2. The maximum absolute atomic E-state index is 9.85. The highest BCUT2D eigenvalue weighted by Gasteiger charge is 2.16. The van der Waals surface area contributed by atoms with Gasteiger partial charge in [0.1, 0.15) is 0 Å². The van der Waals surface area contributed by atoms with Crippen LogP contribution in [0, 0.1) is 0 Å². The molecule has 2 atom stereocenters. The fourth-order valence-electron chi connectivity index (χ4n) is 2.06. The van der Waals surface area contributed by atoms with E-state index in [1.54, 1.807) is 18.2 Å². The first-order valence-corrected chi connectivity index (χ1v) is 7.47. The van der Waals surface area contributed by atoms with Crippen LogP contribution in [0.4, 0.5) is 5.69 Å². The molecule has 1 aliphatic heterocycles. The molecule has 4 nitrogen and oxygen atoms in total. The van der Waals surface area contributed by atoms with E-state index < -0.39 is 6.10 Å². The van der Waals surface area contributed by atoms with Crippen molar-refractivity contribution < 1.29 is 14.6 Å². The predicted molar refractivity (Wildman–Crippen MR) is 80.8 cm³/mol. The van der Waals surface area contributed by atoms with Crippen LogP contribution in [-0.4, -0.2) is 43.7 Å². The van der Waals surface area contributed by atoms with Crippen molar-refractivity contribution in [2.24, 2.45) is 0 Å². The van der Waals surface area contributed by atoms with E-state index in [1.807, 2.05) is 0 Å². The highest BCUT2D eigenvalue weighted by molar-refractivity contribution is 6.39. The first-order valence-electron chi connectivity index (χ1n) is 6.72. The first-order chi connectivity index (χ1) is 9.66. The zero-order valence-corrected chi connectivity index (χ0v) is 12.7. The van der Waals surface area contributed by atoms with Crippen LogP contribution in [0.1, 0.15) is 12.8 Å². The zero-order chi connectivity index (χ0) is 14.4. The number of hydrogen-bond donors (Lipinski definition) is 2. The minimum atomic E-state index is -0.622. The molecule has 20 heavy (non-hydrogen) atoms. The molecule has 1 saturated heterocycles. The van der Waals surface area contributed by atoms with Gasteiger partial charge in [-0.15, -0.1) is 0 Å². The lowest BCUT2D eigenvalue weighted by Gasteiger charge is -2.16. The molecule has 1 aliphatic rings. The highest BCUT2D eigenvalue weighted by atomic mass is 35.5. The Balaban J connectivity index is 1.68. The van der Waals surface area contributed by atoms with E-state index in [4.69, 9.17) is 32.7 Å². The lowest BCUT2D eigenvalue weighted by Crippen LogP contribution is -2.27. The molecular weight excluding hydrogens is 301 g/mol. The van der Waals surface area contributed by atoms with Gasteiger partial charge >= 0.3 is 0 Å². The normalized spacial score (nSPS) is 20.1. The minimum Gasteiger partial charge on any atom is -0.389 e. The van der Waals surface area contributed by atoms with E-state index in [2.05, 4.69) is 5.32 Å². The van der Waals surface area contributed by atoms with Gasteiger partial charge in [-0.25, -0.2) is 0 Å². The standard InChI is InChI=1S/C14H19Cl2NO3/c15-12-4-1-5-13(16)14(12)17-7-10(18)8-19-9-11-3-2-6-20-11/h1,4-5,10-11,17-18H,2-3,6-9H2. The van der Waals surface area contributed by atoms with E-state index in [1.165, 1.54) is 0 Å². The van der Waals surface area contributed by atoms with E-state index in [-0.39, 0.29) is 12.7 Å². The van der Waals surface area contributed by atoms with Crippen molar-refractivity contribution in [1.29, 1.82) is 0 Å². The predicted octanol–water partition coefficient (Wildman–Crippen LogP) is 2.96. The van der Waals surface area contributed by atoms with Gasteiger partial charge in [-0.05, 0) is 25.0 Å². The zero-order valence-electron chi connectivity index (χ0n) is 11.1. The van der Waals surface area contributed by atoms with E-state index in [9.17, 15) is 5.11 Å². The van der Waals surface area contributed by atoms with Crippen LogP contribution < -0.4 is 5.32 Å². The summed E-state index contributed by atoms with van der Waals surface area (Å²) in [6.45, 7) is 1.93. The first kappa shape index (κ1) is 15.9. The highest BCUT2D eigenvalue weighted by Crippen LogP contribution is 2.29. The molecule has 112 valence electrons. The summed E-state index contributed by atoms with van der Waals surface area (Å²) in [6.07, 6.45) is 1.67. The molecule has 0 aliphatic carbocycles. The van der Waals surface area contributed by atoms with Crippen LogP contribution in [-0.2, 0) is 9.47 Å². The van der Waals surface area contributed by atoms with Gasteiger partial charge < -0.3 is 19.9 Å². The van der Waals surface area contributed by atoms with Crippen LogP contribution >= 0.6 is 23.2 Å². The molecule has 1 heterocycles. The Kier molecular flexibility index (Phi) is 6.39. The minimum absolute atomic E-state index is 0.174. The van der Waals surface area contributed by atoms with Crippen LogP contribution in [0.25, 0.3) is 0 Å². The average molecular weight is 320 g/mol. The quantitative estimate of drug-likeness (QED) is 0.811.